The number of ether oxygens (including phenoxy) is 3. The molecule has 7 heteroatoms. The average Bonchev–Trinajstić information content (AvgIpc) is 3.05. The van der Waals surface area contributed by atoms with E-state index in [9.17, 15) is 9.59 Å². The molecule has 0 amide bonds. The van der Waals surface area contributed by atoms with Crippen LogP contribution < -0.4 is 20.6 Å². The molecular formula is C36H32N2O5. The third kappa shape index (κ3) is 4.98. The second kappa shape index (κ2) is 11.6. The molecule has 6 rings (SSSR count). The fraction of sp³-hybridized carbons (Fsp3) is 0.167. The third-order valence-electron chi connectivity index (χ3n) is 8.05. The molecule has 0 N–H and O–H groups in total. The fourth-order valence-corrected chi connectivity index (χ4v) is 5.78. The Bertz CT molecular complexity index is 1930. The van der Waals surface area contributed by atoms with E-state index >= 15 is 0 Å². The van der Waals surface area contributed by atoms with Gasteiger partial charge in [0, 0.05) is 46.8 Å². The van der Waals surface area contributed by atoms with Crippen molar-refractivity contribution in [3.63, 3.8) is 0 Å². The summed E-state index contributed by atoms with van der Waals surface area (Å²) in [6, 6.07) is 30.9. The number of benzene rings is 4. The first-order valence-electron chi connectivity index (χ1n) is 14.0. The van der Waals surface area contributed by atoms with E-state index in [4.69, 9.17) is 14.2 Å². The third-order valence-corrected chi connectivity index (χ3v) is 8.05. The fourth-order valence-electron chi connectivity index (χ4n) is 5.78. The molecule has 7 nitrogen and oxygen atoms in total. The number of rotatable bonds is 8. The Morgan fingerprint density at radius 3 is 1.30 bits per heavy atom. The molecule has 0 bridgehead atoms. The lowest BCUT2D eigenvalue weighted by molar-refractivity contribution is 0.0982. The van der Waals surface area contributed by atoms with Gasteiger partial charge in [-0.05, 0) is 47.5 Å². The minimum absolute atomic E-state index is 0.119. The van der Waals surface area contributed by atoms with Gasteiger partial charge < -0.3 is 23.3 Å². The topological polar surface area (TPSA) is 71.7 Å². The zero-order valence-corrected chi connectivity index (χ0v) is 24.6. The maximum absolute atomic E-state index is 13.5. The lowest BCUT2D eigenvalue weighted by Gasteiger charge is -2.20. The predicted octanol–water partition coefficient (Wildman–Crippen LogP) is 6.46. The minimum atomic E-state index is -0.119. The van der Waals surface area contributed by atoms with E-state index < -0.39 is 0 Å². The minimum Gasteiger partial charge on any atom is -0.497 e. The van der Waals surface area contributed by atoms with Crippen molar-refractivity contribution in [3.05, 3.63) is 129 Å². The second-order valence-corrected chi connectivity index (χ2v) is 10.4. The quantitative estimate of drug-likeness (QED) is 0.209. The number of pyridine rings is 2. The van der Waals surface area contributed by atoms with Gasteiger partial charge in [0.25, 0.3) is 11.1 Å². The van der Waals surface area contributed by atoms with Gasteiger partial charge in [-0.25, -0.2) is 0 Å². The summed E-state index contributed by atoms with van der Waals surface area (Å²) in [5.74, 6) is 1.33. The Kier molecular flexibility index (Phi) is 7.57. The molecule has 43 heavy (non-hydrogen) atoms. The number of nitrogens with zero attached hydrogens (tertiary/aromatic N) is 2. The summed E-state index contributed by atoms with van der Waals surface area (Å²) >= 11 is 0. The van der Waals surface area contributed by atoms with Crippen LogP contribution in [0.25, 0.3) is 43.8 Å². The molecule has 2 heterocycles. The van der Waals surface area contributed by atoms with Gasteiger partial charge >= 0.3 is 0 Å². The van der Waals surface area contributed by atoms with Crippen LogP contribution in [0.3, 0.4) is 0 Å². The molecule has 0 aliphatic rings. The highest BCUT2D eigenvalue weighted by Gasteiger charge is 2.20. The van der Waals surface area contributed by atoms with Crippen molar-refractivity contribution in [2.24, 2.45) is 14.1 Å². The van der Waals surface area contributed by atoms with Crippen molar-refractivity contribution in [2.75, 3.05) is 14.2 Å². The van der Waals surface area contributed by atoms with E-state index in [0.717, 1.165) is 44.4 Å². The highest BCUT2D eigenvalue weighted by molar-refractivity contribution is 5.99. The Labute approximate surface area is 249 Å². The summed E-state index contributed by atoms with van der Waals surface area (Å²) in [5.41, 5.74) is 4.94. The first-order valence-corrected chi connectivity index (χ1v) is 14.0. The van der Waals surface area contributed by atoms with E-state index in [1.165, 1.54) is 0 Å². The Balaban J connectivity index is 1.50. The number of hydrogen-bond donors (Lipinski definition) is 0. The molecule has 6 aromatic rings. The monoisotopic (exact) mass is 572 g/mol. The predicted molar refractivity (Wildman–Crippen MR) is 171 cm³/mol. The summed E-state index contributed by atoms with van der Waals surface area (Å²) in [4.78, 5) is 27.0. The van der Waals surface area contributed by atoms with Gasteiger partial charge in [-0.15, -0.1) is 0 Å². The SMILES string of the molecule is COc1ccc2c(=O)n(C)c(COCc3c(-c4ccccc4)c4cc(OC)ccc4c(=O)n3C)c(-c3ccccc3)c2c1. The molecular weight excluding hydrogens is 540 g/mol. The van der Waals surface area contributed by atoms with Crippen LogP contribution in [0.15, 0.2) is 107 Å². The summed E-state index contributed by atoms with van der Waals surface area (Å²) in [6.45, 7) is 0.281. The van der Waals surface area contributed by atoms with E-state index in [2.05, 4.69) is 0 Å². The number of methoxy groups -OCH3 is 2. The largest absolute Gasteiger partial charge is 0.497 e. The average molecular weight is 573 g/mol. The van der Waals surface area contributed by atoms with Crippen LogP contribution in [-0.4, -0.2) is 23.4 Å². The first kappa shape index (κ1) is 28.0. The number of fused-ring (bicyclic) bond motifs is 2. The normalized spacial score (nSPS) is 11.3. The van der Waals surface area contributed by atoms with E-state index in [0.29, 0.717) is 22.3 Å². The van der Waals surface area contributed by atoms with E-state index in [-0.39, 0.29) is 24.3 Å². The van der Waals surface area contributed by atoms with Gasteiger partial charge in [-0.1, -0.05) is 60.7 Å². The first-order chi connectivity index (χ1) is 20.9. The highest BCUT2D eigenvalue weighted by Crippen LogP contribution is 2.35. The number of aromatic nitrogens is 2. The molecule has 4 aromatic carbocycles. The van der Waals surface area contributed by atoms with Crippen molar-refractivity contribution < 1.29 is 14.2 Å². The highest BCUT2D eigenvalue weighted by atomic mass is 16.5. The van der Waals surface area contributed by atoms with Gasteiger partial charge in [0.2, 0.25) is 0 Å². The van der Waals surface area contributed by atoms with E-state index in [1.807, 2.05) is 72.8 Å². The molecule has 0 saturated carbocycles. The molecule has 0 fully saturated rings. The Morgan fingerprint density at radius 2 is 0.930 bits per heavy atom. The maximum Gasteiger partial charge on any atom is 0.258 e. The summed E-state index contributed by atoms with van der Waals surface area (Å²) in [6.07, 6.45) is 0. The maximum atomic E-state index is 13.5. The second-order valence-electron chi connectivity index (χ2n) is 10.4. The Morgan fingerprint density at radius 1 is 0.535 bits per heavy atom. The lowest BCUT2D eigenvalue weighted by atomic mass is 9.96. The molecule has 0 atom stereocenters. The van der Waals surface area contributed by atoms with Crippen LogP contribution >= 0.6 is 0 Å². The summed E-state index contributed by atoms with van der Waals surface area (Å²) < 4.78 is 20.8. The zero-order chi connectivity index (χ0) is 30.1. The summed E-state index contributed by atoms with van der Waals surface area (Å²) in [7, 11) is 6.76. The van der Waals surface area contributed by atoms with Crippen LogP contribution in [0.4, 0.5) is 0 Å². The molecule has 0 unspecified atom stereocenters. The van der Waals surface area contributed by atoms with Gasteiger partial charge in [0.05, 0.1) is 38.8 Å². The van der Waals surface area contributed by atoms with Gasteiger partial charge in [0.1, 0.15) is 11.5 Å². The van der Waals surface area contributed by atoms with Gasteiger partial charge in [-0.2, -0.15) is 0 Å². The smallest absolute Gasteiger partial charge is 0.258 e. The van der Waals surface area contributed by atoms with Crippen molar-refractivity contribution in [1.82, 2.24) is 9.13 Å². The van der Waals surface area contributed by atoms with Crippen molar-refractivity contribution in [3.8, 4) is 33.8 Å². The molecule has 0 radical (unpaired) electrons. The van der Waals surface area contributed by atoms with Crippen LogP contribution in [0.2, 0.25) is 0 Å². The molecule has 0 aliphatic heterocycles. The van der Waals surface area contributed by atoms with E-state index in [1.54, 1.807) is 61.7 Å². The number of hydrogen-bond acceptors (Lipinski definition) is 5. The molecule has 0 aliphatic carbocycles. The molecule has 0 saturated heterocycles. The van der Waals surface area contributed by atoms with Crippen LogP contribution in [-0.2, 0) is 32.0 Å². The van der Waals surface area contributed by atoms with Crippen molar-refractivity contribution in [2.45, 2.75) is 13.2 Å². The zero-order valence-electron chi connectivity index (χ0n) is 24.6. The van der Waals surface area contributed by atoms with Gasteiger partial charge in [-0.3, -0.25) is 9.59 Å². The van der Waals surface area contributed by atoms with Crippen molar-refractivity contribution in [1.29, 1.82) is 0 Å². The van der Waals surface area contributed by atoms with Crippen LogP contribution in [0.5, 0.6) is 11.5 Å². The lowest BCUT2D eigenvalue weighted by Crippen LogP contribution is -2.24. The van der Waals surface area contributed by atoms with Gasteiger partial charge in [0.15, 0.2) is 0 Å². The molecule has 0 spiro atoms. The molecule has 216 valence electrons. The summed E-state index contributed by atoms with van der Waals surface area (Å²) in [5, 5.41) is 2.79. The van der Waals surface area contributed by atoms with Crippen LogP contribution in [0, 0.1) is 0 Å². The molecule has 2 aromatic heterocycles. The van der Waals surface area contributed by atoms with Crippen LogP contribution in [0.1, 0.15) is 11.4 Å². The Hall–Kier alpha value is -5.14. The standard InChI is InChI=1S/C36H32N2O5/c1-37-31(33(23-11-7-5-8-12-23)29-19-25(41-3)15-17-27(29)35(37)39)21-43-22-32-34(24-13-9-6-10-14-24)30-20-26(42-4)16-18-28(30)36(40)38(32)2/h5-20H,21-22H2,1-4H3. The van der Waals surface area contributed by atoms with Crippen molar-refractivity contribution >= 4 is 21.5 Å².